The number of hydrogen-bond donors (Lipinski definition) is 2. The highest BCUT2D eigenvalue weighted by Crippen LogP contribution is 2.23. The summed E-state index contributed by atoms with van der Waals surface area (Å²) in [4.78, 5) is 1.23. The van der Waals surface area contributed by atoms with Gasteiger partial charge in [-0.1, -0.05) is 35.3 Å². The average Bonchev–Trinajstić information content (AvgIpc) is 2.77. The number of nitrogens with two attached hydrogens (primary N) is 1. The van der Waals surface area contributed by atoms with Gasteiger partial charge in [0.05, 0.1) is 4.34 Å². The fourth-order valence-corrected chi connectivity index (χ4v) is 3.09. The number of hydrazine groups is 1. The van der Waals surface area contributed by atoms with Crippen LogP contribution in [0.25, 0.3) is 0 Å². The highest BCUT2D eigenvalue weighted by molar-refractivity contribution is 7.16. The summed E-state index contributed by atoms with van der Waals surface area (Å²) in [6.45, 7) is 0. The molecule has 0 fully saturated rings. The van der Waals surface area contributed by atoms with Crippen LogP contribution in [-0.2, 0) is 12.8 Å². The first-order valence-electron chi connectivity index (χ1n) is 5.62. The minimum absolute atomic E-state index is 0.195. The standard InChI is InChI=1S/C13H14Cl2N2S/c14-10-3-1-9(2-4-10)7-11(17-16)8-12-5-6-13(15)18-12/h1-6,11,17H,7-8,16H2. The van der Waals surface area contributed by atoms with E-state index >= 15 is 0 Å². The molecule has 2 aromatic rings. The van der Waals surface area contributed by atoms with Crippen molar-refractivity contribution in [2.75, 3.05) is 0 Å². The number of nitrogens with one attached hydrogen (secondary N) is 1. The van der Waals surface area contributed by atoms with E-state index in [9.17, 15) is 0 Å². The molecule has 0 spiro atoms. The molecule has 1 heterocycles. The Hall–Kier alpha value is -0.580. The number of hydrogen-bond acceptors (Lipinski definition) is 3. The Balaban J connectivity index is 1.99. The normalized spacial score (nSPS) is 12.6. The molecule has 0 aliphatic rings. The van der Waals surface area contributed by atoms with E-state index in [2.05, 4.69) is 5.43 Å². The second-order valence-corrected chi connectivity index (χ2v) is 6.34. The quantitative estimate of drug-likeness (QED) is 0.653. The Labute approximate surface area is 121 Å². The van der Waals surface area contributed by atoms with Gasteiger partial charge in [0.2, 0.25) is 0 Å². The minimum Gasteiger partial charge on any atom is -0.271 e. The maximum atomic E-state index is 5.92. The lowest BCUT2D eigenvalue weighted by Gasteiger charge is -2.15. The van der Waals surface area contributed by atoms with Crippen LogP contribution in [0.4, 0.5) is 0 Å². The van der Waals surface area contributed by atoms with E-state index in [-0.39, 0.29) is 6.04 Å². The van der Waals surface area contributed by atoms with Gasteiger partial charge in [-0.05, 0) is 42.7 Å². The van der Waals surface area contributed by atoms with Crippen LogP contribution in [0, 0.1) is 0 Å². The highest BCUT2D eigenvalue weighted by Gasteiger charge is 2.10. The van der Waals surface area contributed by atoms with Crippen LogP contribution in [-0.4, -0.2) is 6.04 Å². The fourth-order valence-electron chi connectivity index (χ4n) is 1.80. The molecule has 1 unspecified atom stereocenters. The van der Waals surface area contributed by atoms with Gasteiger partial charge in [-0.2, -0.15) is 0 Å². The maximum absolute atomic E-state index is 5.92. The topological polar surface area (TPSA) is 38.0 Å². The summed E-state index contributed by atoms with van der Waals surface area (Å²) in [5, 5.41) is 0.751. The van der Waals surface area contributed by atoms with Gasteiger partial charge < -0.3 is 0 Å². The molecular formula is C13H14Cl2N2S. The molecule has 0 aliphatic heterocycles. The summed E-state index contributed by atoms with van der Waals surface area (Å²) in [6, 6.07) is 12.0. The lowest BCUT2D eigenvalue weighted by molar-refractivity contribution is 0.526. The molecule has 1 aromatic heterocycles. The van der Waals surface area contributed by atoms with Gasteiger partial charge in [0.1, 0.15) is 0 Å². The molecule has 0 saturated carbocycles. The van der Waals surface area contributed by atoms with Gasteiger partial charge in [-0.15, -0.1) is 11.3 Å². The van der Waals surface area contributed by atoms with Crippen LogP contribution in [0.3, 0.4) is 0 Å². The molecule has 18 heavy (non-hydrogen) atoms. The molecule has 2 rings (SSSR count). The summed E-state index contributed by atoms with van der Waals surface area (Å²) in [6.07, 6.45) is 1.74. The highest BCUT2D eigenvalue weighted by atomic mass is 35.5. The zero-order valence-corrected chi connectivity index (χ0v) is 12.0. The molecule has 1 atom stereocenters. The van der Waals surface area contributed by atoms with E-state index in [1.165, 1.54) is 10.4 Å². The molecule has 0 bridgehead atoms. The summed E-state index contributed by atoms with van der Waals surface area (Å²) >= 11 is 13.4. The van der Waals surface area contributed by atoms with Gasteiger partial charge in [0.15, 0.2) is 0 Å². The molecule has 0 amide bonds. The Bertz CT molecular complexity index is 496. The first-order chi connectivity index (χ1) is 8.67. The number of benzene rings is 1. The van der Waals surface area contributed by atoms with Crippen LogP contribution in [0.2, 0.25) is 9.36 Å². The number of halogens is 2. The van der Waals surface area contributed by atoms with Crippen molar-refractivity contribution in [1.29, 1.82) is 0 Å². The third kappa shape index (κ3) is 3.97. The van der Waals surface area contributed by atoms with Crippen molar-refractivity contribution in [1.82, 2.24) is 5.43 Å². The first-order valence-corrected chi connectivity index (χ1v) is 7.19. The minimum atomic E-state index is 0.195. The van der Waals surface area contributed by atoms with Crippen LogP contribution in [0.15, 0.2) is 36.4 Å². The van der Waals surface area contributed by atoms with Crippen LogP contribution in [0.5, 0.6) is 0 Å². The average molecular weight is 301 g/mol. The predicted molar refractivity (Wildman–Crippen MR) is 79.3 cm³/mol. The maximum Gasteiger partial charge on any atom is 0.0931 e. The van der Waals surface area contributed by atoms with Crippen molar-refractivity contribution in [2.24, 2.45) is 5.84 Å². The fraction of sp³-hybridized carbons (Fsp3) is 0.231. The Morgan fingerprint density at radius 2 is 1.78 bits per heavy atom. The number of thiophene rings is 1. The van der Waals surface area contributed by atoms with Crippen molar-refractivity contribution in [3.05, 3.63) is 56.2 Å². The van der Waals surface area contributed by atoms with E-state index in [4.69, 9.17) is 29.0 Å². The lowest BCUT2D eigenvalue weighted by Crippen LogP contribution is -2.38. The zero-order chi connectivity index (χ0) is 13.0. The number of rotatable bonds is 5. The van der Waals surface area contributed by atoms with Crippen molar-refractivity contribution in [3.63, 3.8) is 0 Å². The second-order valence-electron chi connectivity index (χ2n) is 4.10. The summed E-state index contributed by atoms with van der Waals surface area (Å²) in [5.41, 5.74) is 4.07. The molecule has 2 nitrogen and oxygen atoms in total. The molecule has 0 saturated heterocycles. The third-order valence-electron chi connectivity index (χ3n) is 2.71. The SMILES string of the molecule is NNC(Cc1ccc(Cl)cc1)Cc1ccc(Cl)s1. The van der Waals surface area contributed by atoms with E-state index in [0.717, 1.165) is 22.2 Å². The predicted octanol–water partition coefficient (Wildman–Crippen LogP) is 3.67. The summed E-state index contributed by atoms with van der Waals surface area (Å²) in [5.74, 6) is 5.60. The van der Waals surface area contributed by atoms with E-state index in [0.29, 0.717) is 0 Å². The van der Waals surface area contributed by atoms with Gasteiger partial charge in [-0.3, -0.25) is 11.3 Å². The Kier molecular flexibility index (Phi) is 5.03. The monoisotopic (exact) mass is 300 g/mol. The largest absolute Gasteiger partial charge is 0.271 e. The smallest absolute Gasteiger partial charge is 0.0931 e. The van der Waals surface area contributed by atoms with Gasteiger partial charge in [-0.25, -0.2) is 0 Å². The molecule has 1 aromatic carbocycles. The van der Waals surface area contributed by atoms with Crippen LogP contribution >= 0.6 is 34.5 Å². The van der Waals surface area contributed by atoms with Crippen molar-refractivity contribution in [2.45, 2.75) is 18.9 Å². The first kappa shape index (κ1) is 13.8. The molecule has 0 radical (unpaired) electrons. The molecule has 3 N–H and O–H groups in total. The third-order valence-corrected chi connectivity index (χ3v) is 4.21. The van der Waals surface area contributed by atoms with Gasteiger partial charge in [0, 0.05) is 15.9 Å². The molecule has 5 heteroatoms. The van der Waals surface area contributed by atoms with Gasteiger partial charge >= 0.3 is 0 Å². The van der Waals surface area contributed by atoms with E-state index in [1.807, 2.05) is 36.4 Å². The lowest BCUT2D eigenvalue weighted by atomic mass is 10.0. The summed E-state index contributed by atoms with van der Waals surface area (Å²) < 4.78 is 0.812. The molecule has 0 aliphatic carbocycles. The second kappa shape index (κ2) is 6.55. The van der Waals surface area contributed by atoms with Gasteiger partial charge in [0.25, 0.3) is 0 Å². The Morgan fingerprint density at radius 3 is 2.33 bits per heavy atom. The van der Waals surface area contributed by atoms with Crippen molar-refractivity contribution in [3.8, 4) is 0 Å². The van der Waals surface area contributed by atoms with Crippen LogP contribution < -0.4 is 11.3 Å². The van der Waals surface area contributed by atoms with Crippen molar-refractivity contribution < 1.29 is 0 Å². The van der Waals surface area contributed by atoms with E-state index < -0.39 is 0 Å². The van der Waals surface area contributed by atoms with Crippen molar-refractivity contribution >= 4 is 34.5 Å². The molecule has 96 valence electrons. The molecular weight excluding hydrogens is 287 g/mol. The van der Waals surface area contributed by atoms with Crippen LogP contribution in [0.1, 0.15) is 10.4 Å². The van der Waals surface area contributed by atoms with E-state index in [1.54, 1.807) is 11.3 Å². The summed E-state index contributed by atoms with van der Waals surface area (Å²) in [7, 11) is 0. The Morgan fingerprint density at radius 1 is 1.06 bits per heavy atom. The zero-order valence-electron chi connectivity index (χ0n) is 9.70.